The molecule has 1 nitrogen and oxygen atoms in total. The van der Waals surface area contributed by atoms with E-state index in [-0.39, 0.29) is 0 Å². The second-order valence-corrected chi connectivity index (χ2v) is 4.32. The Kier molecular flexibility index (Phi) is 2.32. The van der Waals surface area contributed by atoms with Crippen LogP contribution in [0.15, 0.2) is 34.9 Å². The molecule has 1 aromatic carbocycles. The van der Waals surface area contributed by atoms with Crippen LogP contribution < -0.4 is 0 Å². The van der Waals surface area contributed by atoms with Crippen LogP contribution in [0.5, 0.6) is 0 Å². The van der Waals surface area contributed by atoms with Crippen molar-refractivity contribution in [3.8, 4) is 0 Å². The molecule has 0 fully saturated rings. The van der Waals surface area contributed by atoms with Crippen molar-refractivity contribution < 1.29 is 0 Å². The van der Waals surface area contributed by atoms with Crippen LogP contribution >= 0.6 is 38.5 Å². The van der Waals surface area contributed by atoms with Gasteiger partial charge in [-0.05, 0) is 40.1 Å². The molecule has 0 spiro atoms. The van der Waals surface area contributed by atoms with Gasteiger partial charge in [-0.15, -0.1) is 0 Å². The molecule has 0 radical (unpaired) electrons. The molecule has 0 atom stereocenters. The highest BCUT2D eigenvalue weighted by atomic mass is 127. The summed E-state index contributed by atoms with van der Waals surface area (Å²) in [5, 5.41) is 2.42. The highest BCUT2D eigenvalue weighted by Gasteiger charge is 2.01. The van der Waals surface area contributed by atoms with Crippen LogP contribution in [0.3, 0.4) is 0 Å². The molecular formula is C9H5BrIN. The average molecular weight is 334 g/mol. The maximum atomic E-state index is 4.22. The van der Waals surface area contributed by atoms with Gasteiger partial charge in [0.2, 0.25) is 0 Å². The maximum absolute atomic E-state index is 4.22. The third-order valence-corrected chi connectivity index (χ3v) is 3.17. The zero-order chi connectivity index (χ0) is 8.55. The van der Waals surface area contributed by atoms with Crippen LogP contribution in [-0.4, -0.2) is 4.98 Å². The topological polar surface area (TPSA) is 12.9 Å². The van der Waals surface area contributed by atoms with Crippen LogP contribution in [0.4, 0.5) is 0 Å². The van der Waals surface area contributed by atoms with Gasteiger partial charge in [0.25, 0.3) is 0 Å². The van der Waals surface area contributed by atoms with E-state index in [0.29, 0.717) is 0 Å². The van der Waals surface area contributed by atoms with E-state index < -0.39 is 0 Å². The molecule has 2 rings (SSSR count). The van der Waals surface area contributed by atoms with Crippen molar-refractivity contribution in [3.63, 3.8) is 0 Å². The number of pyridine rings is 1. The molecule has 0 unspecified atom stereocenters. The Morgan fingerprint density at radius 3 is 2.83 bits per heavy atom. The van der Waals surface area contributed by atoms with Crippen molar-refractivity contribution in [1.82, 2.24) is 4.98 Å². The molecule has 0 amide bonds. The summed E-state index contributed by atoms with van der Waals surface area (Å²) in [6.07, 6.45) is 1.83. The van der Waals surface area contributed by atoms with E-state index in [1.807, 2.05) is 24.4 Å². The molecule has 0 aliphatic heterocycles. The van der Waals surface area contributed by atoms with Gasteiger partial charge in [-0.3, -0.25) is 0 Å². The van der Waals surface area contributed by atoms with E-state index >= 15 is 0 Å². The second kappa shape index (κ2) is 3.30. The van der Waals surface area contributed by atoms with Gasteiger partial charge in [0.05, 0.1) is 0 Å². The Hall–Kier alpha value is -0.160. The summed E-state index contributed by atoms with van der Waals surface area (Å²) in [7, 11) is 0. The SMILES string of the molecule is Brc1cccc2ccnc(I)c12. The summed E-state index contributed by atoms with van der Waals surface area (Å²) >= 11 is 5.75. The number of hydrogen-bond donors (Lipinski definition) is 0. The van der Waals surface area contributed by atoms with Crippen LogP contribution in [0.2, 0.25) is 0 Å². The third kappa shape index (κ3) is 1.35. The third-order valence-electron chi connectivity index (χ3n) is 1.69. The molecule has 0 N–H and O–H groups in total. The van der Waals surface area contributed by atoms with E-state index in [2.05, 4.69) is 49.6 Å². The lowest BCUT2D eigenvalue weighted by molar-refractivity contribution is 1.31. The minimum atomic E-state index is 1.04. The highest BCUT2D eigenvalue weighted by molar-refractivity contribution is 14.1. The predicted octanol–water partition coefficient (Wildman–Crippen LogP) is 3.60. The fraction of sp³-hybridized carbons (Fsp3) is 0. The molecule has 0 bridgehead atoms. The van der Waals surface area contributed by atoms with Crippen molar-refractivity contribution in [2.24, 2.45) is 0 Å². The standard InChI is InChI=1S/C9H5BrIN/c10-7-3-1-2-6-4-5-12-9(11)8(6)7/h1-5H. The van der Waals surface area contributed by atoms with Gasteiger partial charge in [0.15, 0.2) is 0 Å². The van der Waals surface area contributed by atoms with Gasteiger partial charge in [-0.25, -0.2) is 4.98 Å². The molecule has 0 saturated carbocycles. The van der Waals surface area contributed by atoms with Gasteiger partial charge in [0.1, 0.15) is 3.70 Å². The van der Waals surface area contributed by atoms with Crippen molar-refractivity contribution >= 4 is 49.3 Å². The Morgan fingerprint density at radius 2 is 2.08 bits per heavy atom. The largest absolute Gasteiger partial charge is 0.250 e. The van der Waals surface area contributed by atoms with Crippen LogP contribution in [0.25, 0.3) is 10.8 Å². The number of aromatic nitrogens is 1. The van der Waals surface area contributed by atoms with Gasteiger partial charge in [-0.2, -0.15) is 0 Å². The first-order valence-corrected chi connectivity index (χ1v) is 5.35. The van der Waals surface area contributed by atoms with Gasteiger partial charge in [-0.1, -0.05) is 28.1 Å². The monoisotopic (exact) mass is 333 g/mol. The summed E-state index contributed by atoms with van der Waals surface area (Å²) in [6.45, 7) is 0. The second-order valence-electron chi connectivity index (χ2n) is 2.44. The Morgan fingerprint density at radius 1 is 1.25 bits per heavy atom. The molecule has 0 aliphatic rings. The van der Waals surface area contributed by atoms with Gasteiger partial charge >= 0.3 is 0 Å². The molecule has 0 aliphatic carbocycles. The zero-order valence-electron chi connectivity index (χ0n) is 6.09. The highest BCUT2D eigenvalue weighted by Crippen LogP contribution is 2.26. The smallest absolute Gasteiger partial charge is 0.110 e. The van der Waals surface area contributed by atoms with E-state index in [4.69, 9.17) is 0 Å². The molecule has 2 aromatic rings. The number of fused-ring (bicyclic) bond motifs is 1. The molecule has 1 aromatic heterocycles. The first-order chi connectivity index (χ1) is 5.79. The van der Waals surface area contributed by atoms with Crippen molar-refractivity contribution in [1.29, 1.82) is 0 Å². The molecule has 12 heavy (non-hydrogen) atoms. The first-order valence-electron chi connectivity index (χ1n) is 3.48. The quantitative estimate of drug-likeness (QED) is 0.530. The van der Waals surface area contributed by atoms with E-state index in [1.165, 1.54) is 10.8 Å². The zero-order valence-corrected chi connectivity index (χ0v) is 9.83. The lowest BCUT2D eigenvalue weighted by atomic mass is 10.2. The Labute approximate surface area is 92.5 Å². The Bertz CT molecular complexity index is 391. The first kappa shape index (κ1) is 8.44. The molecule has 60 valence electrons. The minimum Gasteiger partial charge on any atom is -0.250 e. The normalized spacial score (nSPS) is 10.5. The number of nitrogens with zero attached hydrogens (tertiary/aromatic N) is 1. The van der Waals surface area contributed by atoms with E-state index in [0.717, 1.165) is 8.17 Å². The van der Waals surface area contributed by atoms with Crippen LogP contribution in [0.1, 0.15) is 0 Å². The van der Waals surface area contributed by atoms with Gasteiger partial charge in [0, 0.05) is 16.1 Å². The lowest BCUT2D eigenvalue weighted by Crippen LogP contribution is -1.82. The fourth-order valence-corrected chi connectivity index (χ4v) is 2.85. The Balaban J connectivity index is 2.96. The lowest BCUT2D eigenvalue weighted by Gasteiger charge is -2.00. The number of hydrogen-bond acceptors (Lipinski definition) is 1. The molecule has 3 heteroatoms. The van der Waals surface area contributed by atoms with Crippen molar-refractivity contribution in [2.75, 3.05) is 0 Å². The van der Waals surface area contributed by atoms with Crippen LogP contribution in [0, 0.1) is 3.70 Å². The maximum Gasteiger partial charge on any atom is 0.110 e. The summed E-state index contributed by atoms with van der Waals surface area (Å²) in [5.74, 6) is 0. The average Bonchev–Trinajstić information content (AvgIpc) is 2.04. The molecule has 1 heterocycles. The number of halogens is 2. The van der Waals surface area contributed by atoms with E-state index in [9.17, 15) is 0 Å². The van der Waals surface area contributed by atoms with E-state index in [1.54, 1.807) is 0 Å². The summed E-state index contributed by atoms with van der Waals surface area (Å²) in [4.78, 5) is 4.22. The van der Waals surface area contributed by atoms with Crippen molar-refractivity contribution in [3.05, 3.63) is 38.6 Å². The minimum absolute atomic E-state index is 1.04. The van der Waals surface area contributed by atoms with Crippen molar-refractivity contribution in [2.45, 2.75) is 0 Å². The predicted molar refractivity (Wildman–Crippen MR) is 62.2 cm³/mol. The van der Waals surface area contributed by atoms with Crippen LogP contribution in [-0.2, 0) is 0 Å². The number of rotatable bonds is 0. The van der Waals surface area contributed by atoms with Gasteiger partial charge < -0.3 is 0 Å². The summed E-state index contributed by atoms with van der Waals surface area (Å²) in [6, 6.07) is 8.17. The fourth-order valence-electron chi connectivity index (χ4n) is 1.14. The number of benzene rings is 1. The molecular weight excluding hydrogens is 329 g/mol. The summed E-state index contributed by atoms with van der Waals surface area (Å²) in [5.41, 5.74) is 0. The summed E-state index contributed by atoms with van der Waals surface area (Å²) < 4.78 is 2.15. The molecule has 0 saturated heterocycles.